The highest BCUT2D eigenvalue weighted by Crippen LogP contribution is 2.29. The van der Waals surface area contributed by atoms with Crippen LogP contribution in [0.15, 0.2) is 108 Å². The zero-order valence-electron chi connectivity index (χ0n) is 21.9. The third-order valence-electron chi connectivity index (χ3n) is 7.70. The maximum absolute atomic E-state index is 4.90. The van der Waals surface area contributed by atoms with Crippen molar-refractivity contribution in [2.45, 2.75) is 57.5 Å². The van der Waals surface area contributed by atoms with Gasteiger partial charge in [-0.2, -0.15) is 0 Å². The second kappa shape index (κ2) is 11.3. The standard InChI is InChI=1S/C33H35N5/c1-24(27-11-3-2-4-12-27)35-21-25-9-7-10-26(19-25)22-38(23-33-36-31-14-5-6-15-32(31)37-33)29-16-17-30-28(20-29)13-8-18-34-30/h2-15,18-20,24,29-30,35H,16-17,21-23H2,1H3,(H,36,37). The summed E-state index contributed by atoms with van der Waals surface area (Å²) in [6.45, 7) is 4.70. The van der Waals surface area contributed by atoms with Gasteiger partial charge in [0.2, 0.25) is 0 Å². The summed E-state index contributed by atoms with van der Waals surface area (Å²) in [7, 11) is 0. The number of nitrogens with zero attached hydrogens (tertiary/aromatic N) is 3. The van der Waals surface area contributed by atoms with Gasteiger partial charge < -0.3 is 10.3 Å². The topological polar surface area (TPSA) is 56.3 Å². The van der Waals surface area contributed by atoms with E-state index in [9.17, 15) is 0 Å². The first-order valence-corrected chi connectivity index (χ1v) is 13.7. The van der Waals surface area contributed by atoms with Crippen LogP contribution in [0.4, 0.5) is 0 Å². The minimum absolute atomic E-state index is 0.303. The van der Waals surface area contributed by atoms with E-state index in [1.165, 1.54) is 22.3 Å². The van der Waals surface area contributed by atoms with Crippen LogP contribution in [0.25, 0.3) is 11.0 Å². The van der Waals surface area contributed by atoms with Crippen LogP contribution in [0.1, 0.15) is 48.3 Å². The van der Waals surface area contributed by atoms with Crippen LogP contribution in [0.5, 0.6) is 0 Å². The van der Waals surface area contributed by atoms with Crippen molar-refractivity contribution >= 4 is 17.2 Å². The van der Waals surface area contributed by atoms with Crippen molar-refractivity contribution in [3.63, 3.8) is 0 Å². The molecule has 0 fully saturated rings. The van der Waals surface area contributed by atoms with Gasteiger partial charge in [0.05, 0.1) is 23.6 Å². The summed E-state index contributed by atoms with van der Waals surface area (Å²) < 4.78 is 0. The van der Waals surface area contributed by atoms with Crippen molar-refractivity contribution in [3.05, 3.63) is 125 Å². The summed E-state index contributed by atoms with van der Waals surface area (Å²) in [6.07, 6.45) is 10.8. The first-order valence-electron chi connectivity index (χ1n) is 13.7. The van der Waals surface area contributed by atoms with E-state index in [1.807, 2.05) is 12.3 Å². The molecule has 0 saturated heterocycles. The third kappa shape index (κ3) is 5.69. The van der Waals surface area contributed by atoms with Gasteiger partial charge in [-0.15, -0.1) is 0 Å². The fourth-order valence-corrected chi connectivity index (χ4v) is 5.60. The van der Waals surface area contributed by atoms with Gasteiger partial charge in [0, 0.05) is 31.4 Å². The molecule has 0 spiro atoms. The molecule has 2 heterocycles. The normalized spacial score (nSPS) is 19.5. The number of hydrogen-bond donors (Lipinski definition) is 2. The molecule has 192 valence electrons. The minimum Gasteiger partial charge on any atom is -0.341 e. The highest BCUT2D eigenvalue weighted by atomic mass is 15.2. The predicted molar refractivity (Wildman–Crippen MR) is 156 cm³/mol. The first-order chi connectivity index (χ1) is 18.7. The van der Waals surface area contributed by atoms with Gasteiger partial charge in [0.1, 0.15) is 5.82 Å². The number of benzene rings is 3. The highest BCUT2D eigenvalue weighted by Gasteiger charge is 2.27. The van der Waals surface area contributed by atoms with Gasteiger partial charge in [-0.05, 0) is 60.2 Å². The first kappa shape index (κ1) is 24.5. The number of nitrogens with one attached hydrogen (secondary N) is 2. The Morgan fingerprint density at radius 3 is 2.68 bits per heavy atom. The lowest BCUT2D eigenvalue weighted by atomic mass is 9.89. The van der Waals surface area contributed by atoms with E-state index < -0.39 is 0 Å². The second-order valence-corrected chi connectivity index (χ2v) is 10.4. The molecule has 3 unspecified atom stereocenters. The summed E-state index contributed by atoms with van der Waals surface area (Å²) in [5.74, 6) is 1.01. The van der Waals surface area contributed by atoms with E-state index >= 15 is 0 Å². The van der Waals surface area contributed by atoms with Gasteiger partial charge in [-0.3, -0.25) is 9.89 Å². The van der Waals surface area contributed by atoms with Crippen molar-refractivity contribution in [3.8, 4) is 0 Å². The Morgan fingerprint density at radius 1 is 0.947 bits per heavy atom. The summed E-state index contributed by atoms with van der Waals surface area (Å²) in [5.41, 5.74) is 7.40. The quantitative estimate of drug-likeness (QED) is 0.275. The Morgan fingerprint density at radius 2 is 1.79 bits per heavy atom. The number of rotatable bonds is 9. The molecule has 1 aliphatic carbocycles. The Kier molecular flexibility index (Phi) is 7.29. The van der Waals surface area contributed by atoms with Crippen molar-refractivity contribution in [1.29, 1.82) is 0 Å². The zero-order chi connectivity index (χ0) is 25.7. The van der Waals surface area contributed by atoms with E-state index in [4.69, 9.17) is 4.98 Å². The Labute approximate surface area is 225 Å². The molecule has 0 saturated carbocycles. The molecule has 2 aliphatic rings. The smallest absolute Gasteiger partial charge is 0.121 e. The fraction of sp³-hybridized carbons (Fsp3) is 0.273. The van der Waals surface area contributed by atoms with Gasteiger partial charge in [0.25, 0.3) is 0 Å². The number of allylic oxidation sites excluding steroid dienone is 1. The van der Waals surface area contributed by atoms with Gasteiger partial charge in [-0.1, -0.05) is 78.9 Å². The minimum atomic E-state index is 0.303. The number of H-pyrrole nitrogens is 1. The van der Waals surface area contributed by atoms with Crippen LogP contribution >= 0.6 is 0 Å². The van der Waals surface area contributed by atoms with E-state index in [-0.39, 0.29) is 0 Å². The lowest BCUT2D eigenvalue weighted by molar-refractivity contribution is 0.188. The summed E-state index contributed by atoms with van der Waals surface area (Å²) in [6, 6.07) is 28.9. The molecular formula is C33H35N5. The number of hydrogen-bond acceptors (Lipinski definition) is 4. The van der Waals surface area contributed by atoms with Crippen LogP contribution in [-0.2, 0) is 19.6 Å². The van der Waals surface area contributed by atoms with E-state index in [2.05, 4.69) is 118 Å². The van der Waals surface area contributed by atoms with Gasteiger partial charge in [-0.25, -0.2) is 4.98 Å². The molecule has 1 aliphatic heterocycles. The Bertz CT molecular complexity index is 1430. The molecule has 0 amide bonds. The monoisotopic (exact) mass is 501 g/mol. The SMILES string of the molecule is CC(NCc1cccc(CN(Cc2nc3ccccc3[nH]2)C2C=C3C=CC=NC3CC2)c1)c1ccccc1. The van der Waals surface area contributed by atoms with Crippen molar-refractivity contribution < 1.29 is 0 Å². The number of aromatic amines is 1. The molecule has 0 radical (unpaired) electrons. The lowest BCUT2D eigenvalue weighted by Crippen LogP contribution is -2.37. The van der Waals surface area contributed by atoms with E-state index in [0.29, 0.717) is 18.1 Å². The molecule has 5 heteroatoms. The zero-order valence-corrected chi connectivity index (χ0v) is 21.9. The summed E-state index contributed by atoms with van der Waals surface area (Å²) >= 11 is 0. The molecule has 1 aromatic heterocycles. The maximum atomic E-state index is 4.90. The number of imidazole rings is 1. The lowest BCUT2D eigenvalue weighted by Gasteiger charge is -2.34. The van der Waals surface area contributed by atoms with Crippen LogP contribution in [0, 0.1) is 0 Å². The molecule has 2 N–H and O–H groups in total. The maximum Gasteiger partial charge on any atom is 0.121 e. The molecule has 0 bridgehead atoms. The largest absolute Gasteiger partial charge is 0.341 e. The third-order valence-corrected chi connectivity index (χ3v) is 7.70. The molecule has 6 rings (SSSR count). The van der Waals surface area contributed by atoms with Crippen molar-refractivity contribution in [1.82, 2.24) is 20.2 Å². The molecule has 5 nitrogen and oxygen atoms in total. The van der Waals surface area contributed by atoms with Crippen molar-refractivity contribution in [2.75, 3.05) is 0 Å². The molecule has 3 atom stereocenters. The fourth-order valence-electron chi connectivity index (χ4n) is 5.60. The number of aromatic nitrogens is 2. The average Bonchev–Trinajstić information content (AvgIpc) is 3.38. The summed E-state index contributed by atoms with van der Waals surface area (Å²) in [4.78, 5) is 15.7. The second-order valence-electron chi connectivity index (χ2n) is 10.4. The molecule has 38 heavy (non-hydrogen) atoms. The number of dihydropyridines is 1. The van der Waals surface area contributed by atoms with Crippen LogP contribution in [0.3, 0.4) is 0 Å². The van der Waals surface area contributed by atoms with Gasteiger partial charge >= 0.3 is 0 Å². The van der Waals surface area contributed by atoms with Crippen molar-refractivity contribution in [2.24, 2.45) is 4.99 Å². The summed E-state index contributed by atoms with van der Waals surface area (Å²) in [5, 5.41) is 3.69. The van der Waals surface area contributed by atoms with Gasteiger partial charge in [0.15, 0.2) is 0 Å². The molecular weight excluding hydrogens is 466 g/mol. The van der Waals surface area contributed by atoms with Crippen LogP contribution in [0.2, 0.25) is 0 Å². The highest BCUT2D eigenvalue weighted by molar-refractivity contribution is 5.75. The molecule has 3 aromatic carbocycles. The van der Waals surface area contributed by atoms with E-state index in [1.54, 1.807) is 0 Å². The Hall–Kier alpha value is -3.80. The number of aliphatic imine (C=N–C) groups is 1. The van der Waals surface area contributed by atoms with Crippen LogP contribution < -0.4 is 5.32 Å². The Balaban J connectivity index is 1.21. The predicted octanol–water partition coefficient (Wildman–Crippen LogP) is 6.51. The number of para-hydroxylation sites is 2. The average molecular weight is 502 g/mol. The number of fused-ring (bicyclic) bond motifs is 2. The van der Waals surface area contributed by atoms with Crippen LogP contribution in [-0.4, -0.2) is 33.2 Å². The molecule has 4 aromatic rings. The van der Waals surface area contributed by atoms with E-state index in [0.717, 1.165) is 49.3 Å².